The van der Waals surface area contributed by atoms with Gasteiger partial charge in [0.1, 0.15) is 0 Å². The zero-order valence-corrected chi connectivity index (χ0v) is 11.4. The molecule has 0 saturated heterocycles. The lowest BCUT2D eigenvalue weighted by Crippen LogP contribution is -2.48. The van der Waals surface area contributed by atoms with Crippen molar-refractivity contribution in [2.75, 3.05) is 5.73 Å². The minimum Gasteiger partial charge on any atom is -0.382 e. The summed E-state index contributed by atoms with van der Waals surface area (Å²) in [6.45, 7) is 0. The normalized spacial score (nSPS) is 43.2. The molecule has 0 aliphatic heterocycles. The Labute approximate surface area is 111 Å². The van der Waals surface area contributed by atoms with E-state index < -0.39 is 0 Å². The first kappa shape index (κ1) is 10.6. The molecule has 0 atom stereocenters. The van der Waals surface area contributed by atoms with E-state index in [1.54, 1.807) is 11.5 Å². The molecule has 0 radical (unpaired) electrons. The van der Waals surface area contributed by atoms with Crippen molar-refractivity contribution < 1.29 is 0 Å². The summed E-state index contributed by atoms with van der Waals surface area (Å²) >= 11 is 7.93. The summed E-state index contributed by atoms with van der Waals surface area (Å²) in [6.07, 6.45) is 8.39. The average Bonchev–Trinajstić information content (AvgIpc) is 2.58. The molecule has 4 heteroatoms. The van der Waals surface area contributed by atoms with E-state index in [2.05, 4.69) is 4.37 Å². The van der Waals surface area contributed by atoms with Crippen molar-refractivity contribution in [3.8, 4) is 0 Å². The SMILES string of the molecule is Nc1nsc(C23CC4CC(CC(C4)C2)C3)c1Cl. The van der Waals surface area contributed by atoms with E-state index in [0.717, 1.165) is 22.8 Å². The van der Waals surface area contributed by atoms with Crippen LogP contribution in [0.3, 0.4) is 0 Å². The van der Waals surface area contributed by atoms with Crippen LogP contribution in [0.2, 0.25) is 5.02 Å². The van der Waals surface area contributed by atoms with Gasteiger partial charge in [-0.3, -0.25) is 0 Å². The largest absolute Gasteiger partial charge is 0.382 e. The molecular weight excluding hydrogens is 252 g/mol. The Morgan fingerprint density at radius 3 is 2.06 bits per heavy atom. The number of nitrogens with two attached hydrogens (primary N) is 1. The Morgan fingerprint density at radius 2 is 1.65 bits per heavy atom. The Morgan fingerprint density at radius 1 is 1.12 bits per heavy atom. The van der Waals surface area contributed by atoms with Gasteiger partial charge in [-0.05, 0) is 67.8 Å². The summed E-state index contributed by atoms with van der Waals surface area (Å²) in [7, 11) is 0. The highest BCUT2D eigenvalue weighted by molar-refractivity contribution is 7.07. The second-order valence-corrected chi connectivity index (χ2v) is 7.56. The quantitative estimate of drug-likeness (QED) is 0.840. The predicted octanol–water partition coefficient (Wildman–Crippen LogP) is 3.85. The van der Waals surface area contributed by atoms with Crippen molar-refractivity contribution in [2.24, 2.45) is 17.8 Å². The Hall–Kier alpha value is -0.280. The molecule has 2 nitrogen and oxygen atoms in total. The van der Waals surface area contributed by atoms with Crippen LogP contribution in [0, 0.1) is 17.8 Å². The van der Waals surface area contributed by atoms with Crippen LogP contribution in [0.15, 0.2) is 0 Å². The van der Waals surface area contributed by atoms with Crippen LogP contribution in [-0.4, -0.2) is 4.37 Å². The fraction of sp³-hybridized carbons (Fsp3) is 0.769. The van der Waals surface area contributed by atoms with Crippen LogP contribution in [0.25, 0.3) is 0 Å². The smallest absolute Gasteiger partial charge is 0.156 e. The zero-order chi connectivity index (χ0) is 11.6. The predicted molar refractivity (Wildman–Crippen MR) is 71.4 cm³/mol. The van der Waals surface area contributed by atoms with Gasteiger partial charge in [0.05, 0.1) is 9.90 Å². The molecule has 1 aromatic rings. The van der Waals surface area contributed by atoms with E-state index in [4.69, 9.17) is 17.3 Å². The third kappa shape index (κ3) is 1.42. The van der Waals surface area contributed by atoms with Crippen molar-refractivity contribution in [2.45, 2.75) is 43.9 Å². The molecule has 1 heterocycles. The highest BCUT2D eigenvalue weighted by Crippen LogP contribution is 2.62. The number of rotatable bonds is 1. The number of nitrogens with zero attached hydrogens (tertiary/aromatic N) is 1. The van der Waals surface area contributed by atoms with Gasteiger partial charge in [-0.2, -0.15) is 4.37 Å². The number of nitrogen functional groups attached to an aromatic ring is 1. The number of anilines is 1. The lowest BCUT2D eigenvalue weighted by atomic mass is 9.49. The molecule has 4 fully saturated rings. The average molecular weight is 269 g/mol. The van der Waals surface area contributed by atoms with Crippen LogP contribution in [-0.2, 0) is 5.41 Å². The molecule has 4 aliphatic rings. The molecule has 0 amide bonds. The van der Waals surface area contributed by atoms with Crippen molar-refractivity contribution in [1.82, 2.24) is 4.37 Å². The van der Waals surface area contributed by atoms with Crippen molar-refractivity contribution in [3.63, 3.8) is 0 Å². The second kappa shape index (κ2) is 3.39. The number of halogens is 1. The molecule has 92 valence electrons. The topological polar surface area (TPSA) is 38.9 Å². The van der Waals surface area contributed by atoms with Crippen LogP contribution in [0.5, 0.6) is 0 Å². The Kier molecular flexibility index (Phi) is 2.12. The summed E-state index contributed by atoms with van der Waals surface area (Å²) in [5.41, 5.74) is 6.18. The van der Waals surface area contributed by atoms with E-state index in [1.807, 2.05) is 0 Å². The van der Waals surface area contributed by atoms with Crippen LogP contribution >= 0.6 is 23.1 Å². The summed E-state index contributed by atoms with van der Waals surface area (Å²) < 4.78 is 4.26. The molecule has 4 saturated carbocycles. The molecule has 0 unspecified atom stereocenters. The van der Waals surface area contributed by atoms with Crippen LogP contribution in [0.4, 0.5) is 5.82 Å². The van der Waals surface area contributed by atoms with Gasteiger partial charge in [-0.25, -0.2) is 0 Å². The molecule has 1 aromatic heterocycles. The first-order valence-electron chi connectivity index (χ1n) is 6.57. The maximum atomic E-state index is 6.37. The van der Waals surface area contributed by atoms with Crippen molar-refractivity contribution in [1.29, 1.82) is 0 Å². The fourth-order valence-corrected chi connectivity index (χ4v) is 6.32. The van der Waals surface area contributed by atoms with Crippen LogP contribution in [0.1, 0.15) is 43.4 Å². The fourth-order valence-electron chi connectivity index (χ4n) is 5.01. The summed E-state index contributed by atoms with van der Waals surface area (Å²) in [5, 5.41) is 0.761. The molecule has 17 heavy (non-hydrogen) atoms. The number of hydrogen-bond acceptors (Lipinski definition) is 3. The van der Waals surface area contributed by atoms with Gasteiger partial charge in [0.2, 0.25) is 0 Å². The Balaban J connectivity index is 1.80. The lowest BCUT2D eigenvalue weighted by Gasteiger charge is -2.56. The van der Waals surface area contributed by atoms with Gasteiger partial charge >= 0.3 is 0 Å². The molecule has 4 bridgehead atoms. The van der Waals surface area contributed by atoms with Gasteiger partial charge < -0.3 is 5.73 Å². The third-order valence-corrected chi connectivity index (χ3v) is 6.78. The van der Waals surface area contributed by atoms with E-state index in [-0.39, 0.29) is 0 Å². The minimum atomic E-state index is 0.348. The van der Waals surface area contributed by atoms with Crippen LogP contribution < -0.4 is 5.73 Å². The molecule has 5 rings (SSSR count). The van der Waals surface area contributed by atoms with Gasteiger partial charge in [0.15, 0.2) is 5.82 Å². The molecule has 0 spiro atoms. The monoisotopic (exact) mass is 268 g/mol. The summed E-state index contributed by atoms with van der Waals surface area (Å²) in [6, 6.07) is 0. The molecule has 0 aromatic carbocycles. The summed E-state index contributed by atoms with van der Waals surface area (Å²) in [4.78, 5) is 1.30. The van der Waals surface area contributed by atoms with E-state index in [0.29, 0.717) is 11.2 Å². The van der Waals surface area contributed by atoms with Crippen molar-refractivity contribution >= 4 is 29.0 Å². The van der Waals surface area contributed by atoms with Gasteiger partial charge in [-0.1, -0.05) is 11.6 Å². The van der Waals surface area contributed by atoms with Gasteiger partial charge in [-0.15, -0.1) is 0 Å². The van der Waals surface area contributed by atoms with Gasteiger partial charge in [0, 0.05) is 5.41 Å². The number of hydrogen-bond donors (Lipinski definition) is 1. The lowest BCUT2D eigenvalue weighted by molar-refractivity contribution is -0.00341. The zero-order valence-electron chi connectivity index (χ0n) is 9.79. The number of aromatic nitrogens is 1. The highest BCUT2D eigenvalue weighted by atomic mass is 35.5. The van der Waals surface area contributed by atoms with Gasteiger partial charge in [0.25, 0.3) is 0 Å². The second-order valence-electron chi connectivity index (χ2n) is 6.41. The Bertz CT molecular complexity index is 433. The maximum Gasteiger partial charge on any atom is 0.156 e. The molecule has 4 aliphatic carbocycles. The van der Waals surface area contributed by atoms with E-state index in [1.165, 1.54) is 43.4 Å². The third-order valence-electron chi connectivity index (χ3n) is 5.18. The highest BCUT2D eigenvalue weighted by Gasteiger charge is 2.53. The first-order valence-corrected chi connectivity index (χ1v) is 7.72. The molecular formula is C13H17ClN2S. The van der Waals surface area contributed by atoms with Crippen molar-refractivity contribution in [3.05, 3.63) is 9.90 Å². The molecule has 2 N–H and O–H groups in total. The summed E-state index contributed by atoms with van der Waals surface area (Å²) in [5.74, 6) is 3.38. The standard InChI is InChI=1S/C13H17ClN2S/c14-10-11(17-16-12(10)15)13-4-7-1-8(5-13)3-9(2-7)6-13/h7-9H,1-6H2,(H2,15,16). The minimum absolute atomic E-state index is 0.348. The van der Waals surface area contributed by atoms with E-state index in [9.17, 15) is 0 Å². The van der Waals surface area contributed by atoms with E-state index >= 15 is 0 Å². The first-order chi connectivity index (χ1) is 8.16. The maximum absolute atomic E-state index is 6.37.